The Balaban J connectivity index is 1.47. The van der Waals surface area contributed by atoms with E-state index in [1.165, 1.54) is 6.26 Å². The molecule has 146 valence electrons. The molecule has 2 aliphatic rings. The van der Waals surface area contributed by atoms with E-state index < -0.39 is 10.0 Å². The number of carbonyl (C=O) groups is 1. The second-order valence-electron chi connectivity index (χ2n) is 7.63. The quantitative estimate of drug-likeness (QED) is 0.801. The molecule has 1 amide bonds. The Morgan fingerprint density at radius 3 is 2.52 bits per heavy atom. The second kappa shape index (κ2) is 6.53. The molecule has 7 nitrogen and oxygen atoms in total. The zero-order valence-electron chi connectivity index (χ0n) is 15.6. The molecule has 27 heavy (non-hydrogen) atoms. The topological polar surface area (TPSA) is 80.1 Å². The van der Waals surface area contributed by atoms with Gasteiger partial charge in [-0.05, 0) is 36.8 Å². The molecule has 2 aliphatic heterocycles. The van der Waals surface area contributed by atoms with E-state index in [2.05, 4.69) is 0 Å². The molecule has 2 fully saturated rings. The molecule has 1 aromatic carbocycles. The van der Waals surface area contributed by atoms with Gasteiger partial charge in [0, 0.05) is 31.6 Å². The minimum atomic E-state index is -3.15. The highest BCUT2D eigenvalue weighted by atomic mass is 32.2. The van der Waals surface area contributed by atoms with Crippen molar-refractivity contribution >= 4 is 26.9 Å². The summed E-state index contributed by atoms with van der Waals surface area (Å²) in [5.74, 6) is 0.798. The van der Waals surface area contributed by atoms with Crippen molar-refractivity contribution in [3.05, 3.63) is 30.0 Å². The van der Waals surface area contributed by atoms with Gasteiger partial charge in [-0.1, -0.05) is 12.1 Å². The fourth-order valence-corrected chi connectivity index (χ4v) is 5.16. The Kier molecular flexibility index (Phi) is 4.43. The predicted octanol–water partition coefficient (Wildman–Crippen LogP) is 2.33. The summed E-state index contributed by atoms with van der Waals surface area (Å²) < 4.78 is 36.2. The number of rotatable bonds is 3. The summed E-state index contributed by atoms with van der Waals surface area (Å²) in [4.78, 5) is 14.7. The fraction of sp³-hybridized carbons (Fsp3) is 0.526. The van der Waals surface area contributed by atoms with E-state index in [4.69, 9.17) is 9.15 Å². The average Bonchev–Trinajstić information content (AvgIpc) is 3.26. The second-order valence-corrected chi connectivity index (χ2v) is 9.61. The predicted molar refractivity (Wildman–Crippen MR) is 101 cm³/mol. The van der Waals surface area contributed by atoms with Crippen molar-refractivity contribution in [2.45, 2.75) is 19.3 Å². The van der Waals surface area contributed by atoms with E-state index in [1.807, 2.05) is 12.1 Å². The SMILES string of the molecule is COc1cccc2cc(C(=O)N3CCC4(CC3)CCN(S(C)(=O)=O)C4)oc12. The number of furan rings is 1. The van der Waals surface area contributed by atoms with Gasteiger partial charge in [0.1, 0.15) is 0 Å². The molecule has 2 saturated heterocycles. The number of hydrogen-bond donors (Lipinski definition) is 0. The number of ether oxygens (including phenoxy) is 1. The van der Waals surface area contributed by atoms with Crippen molar-refractivity contribution in [3.63, 3.8) is 0 Å². The third-order valence-corrected chi connectivity index (χ3v) is 7.17. The fourth-order valence-electron chi connectivity index (χ4n) is 4.23. The molecule has 0 atom stereocenters. The molecule has 0 radical (unpaired) electrons. The van der Waals surface area contributed by atoms with Crippen molar-refractivity contribution in [1.29, 1.82) is 0 Å². The van der Waals surface area contributed by atoms with Crippen molar-refractivity contribution in [2.75, 3.05) is 39.5 Å². The van der Waals surface area contributed by atoms with Crippen molar-refractivity contribution in [2.24, 2.45) is 5.41 Å². The summed E-state index contributed by atoms with van der Waals surface area (Å²) in [6.07, 6.45) is 3.76. The van der Waals surface area contributed by atoms with Gasteiger partial charge < -0.3 is 14.1 Å². The van der Waals surface area contributed by atoms with Crippen molar-refractivity contribution < 1.29 is 22.4 Å². The van der Waals surface area contributed by atoms with Crippen LogP contribution in [0.4, 0.5) is 0 Å². The molecule has 1 spiro atoms. The molecule has 0 saturated carbocycles. The summed E-state index contributed by atoms with van der Waals surface area (Å²) in [7, 11) is -1.57. The number of hydrogen-bond acceptors (Lipinski definition) is 5. The molecule has 3 heterocycles. The Bertz CT molecular complexity index is 973. The minimum absolute atomic E-state index is 0.00302. The summed E-state index contributed by atoms with van der Waals surface area (Å²) >= 11 is 0. The lowest BCUT2D eigenvalue weighted by Crippen LogP contribution is -2.44. The molecule has 2 aromatic rings. The van der Waals surface area contributed by atoms with Crippen LogP contribution < -0.4 is 4.74 Å². The number of carbonyl (C=O) groups excluding carboxylic acids is 1. The normalized spacial score (nSPS) is 20.4. The van der Waals surface area contributed by atoms with E-state index >= 15 is 0 Å². The number of sulfonamides is 1. The van der Waals surface area contributed by atoms with Crippen LogP contribution in [0.3, 0.4) is 0 Å². The highest BCUT2D eigenvalue weighted by Gasteiger charge is 2.44. The first-order valence-corrected chi connectivity index (χ1v) is 11.0. The summed E-state index contributed by atoms with van der Waals surface area (Å²) in [5.41, 5.74) is 0.577. The van der Waals surface area contributed by atoms with E-state index in [9.17, 15) is 13.2 Å². The number of para-hydroxylation sites is 1. The number of fused-ring (bicyclic) bond motifs is 1. The van der Waals surface area contributed by atoms with Crippen LogP contribution >= 0.6 is 0 Å². The van der Waals surface area contributed by atoms with Gasteiger partial charge in [0.05, 0.1) is 13.4 Å². The number of likely N-dealkylation sites (tertiary alicyclic amines) is 1. The average molecular weight is 392 g/mol. The molecule has 0 N–H and O–H groups in total. The lowest BCUT2D eigenvalue weighted by atomic mass is 9.78. The zero-order chi connectivity index (χ0) is 19.2. The molecule has 0 aliphatic carbocycles. The summed E-state index contributed by atoms with van der Waals surface area (Å²) in [6, 6.07) is 7.31. The maximum atomic E-state index is 12.9. The van der Waals surface area contributed by atoms with Gasteiger partial charge in [-0.2, -0.15) is 0 Å². The highest BCUT2D eigenvalue weighted by Crippen LogP contribution is 2.41. The maximum Gasteiger partial charge on any atom is 0.289 e. The molecular weight excluding hydrogens is 368 g/mol. The van der Waals surface area contributed by atoms with E-state index in [0.29, 0.717) is 43.3 Å². The highest BCUT2D eigenvalue weighted by molar-refractivity contribution is 7.88. The van der Waals surface area contributed by atoms with Gasteiger partial charge in [-0.25, -0.2) is 12.7 Å². The van der Waals surface area contributed by atoms with Crippen LogP contribution in [0.1, 0.15) is 29.8 Å². The molecular formula is C19H24N2O5S. The number of piperidine rings is 1. The van der Waals surface area contributed by atoms with Gasteiger partial charge in [0.2, 0.25) is 10.0 Å². The van der Waals surface area contributed by atoms with Crippen LogP contribution in [-0.4, -0.2) is 63.1 Å². The molecule has 0 bridgehead atoms. The summed E-state index contributed by atoms with van der Waals surface area (Å²) in [6.45, 7) is 2.38. The van der Waals surface area contributed by atoms with Crippen molar-refractivity contribution in [3.8, 4) is 5.75 Å². The Hall–Kier alpha value is -2.06. The van der Waals surface area contributed by atoms with E-state index in [0.717, 1.165) is 24.6 Å². The third-order valence-electron chi connectivity index (χ3n) is 5.92. The van der Waals surface area contributed by atoms with Crippen molar-refractivity contribution in [1.82, 2.24) is 9.21 Å². The first-order chi connectivity index (χ1) is 12.8. The van der Waals surface area contributed by atoms with Gasteiger partial charge in [0.15, 0.2) is 17.1 Å². The van der Waals surface area contributed by atoms with Crippen LogP contribution in [0.5, 0.6) is 5.75 Å². The van der Waals surface area contributed by atoms with Gasteiger partial charge >= 0.3 is 0 Å². The summed E-state index contributed by atoms with van der Waals surface area (Å²) in [5, 5.41) is 0.839. The van der Waals surface area contributed by atoms with Gasteiger partial charge in [-0.3, -0.25) is 4.79 Å². The van der Waals surface area contributed by atoms with E-state index in [1.54, 1.807) is 28.4 Å². The zero-order valence-corrected chi connectivity index (χ0v) is 16.4. The van der Waals surface area contributed by atoms with Gasteiger partial charge in [0.25, 0.3) is 5.91 Å². The standard InChI is InChI=1S/C19H24N2O5S/c1-25-15-5-3-4-14-12-16(26-17(14)15)18(22)20-9-6-19(7-10-20)8-11-21(13-19)27(2,23)24/h3-5,12H,6-11,13H2,1-2H3. The third kappa shape index (κ3) is 3.32. The number of methoxy groups -OCH3 is 1. The molecule has 4 rings (SSSR count). The maximum absolute atomic E-state index is 12.9. The largest absolute Gasteiger partial charge is 0.493 e. The molecule has 1 aromatic heterocycles. The van der Waals surface area contributed by atoms with Gasteiger partial charge in [-0.15, -0.1) is 0 Å². The number of amides is 1. The van der Waals surface area contributed by atoms with Crippen LogP contribution in [0.15, 0.2) is 28.7 Å². The minimum Gasteiger partial charge on any atom is -0.493 e. The number of benzene rings is 1. The lowest BCUT2D eigenvalue weighted by molar-refractivity contribution is 0.0571. The van der Waals surface area contributed by atoms with E-state index in [-0.39, 0.29) is 11.3 Å². The number of nitrogens with zero attached hydrogens (tertiary/aromatic N) is 2. The van der Waals surface area contributed by atoms with Crippen LogP contribution in [-0.2, 0) is 10.0 Å². The first kappa shape index (κ1) is 18.3. The van der Waals surface area contributed by atoms with Crippen LogP contribution in [0, 0.1) is 5.41 Å². The molecule has 0 unspecified atom stereocenters. The molecule has 8 heteroatoms. The monoisotopic (exact) mass is 392 g/mol. The Morgan fingerprint density at radius 2 is 1.89 bits per heavy atom. The first-order valence-electron chi connectivity index (χ1n) is 9.12. The smallest absolute Gasteiger partial charge is 0.289 e. The van der Waals surface area contributed by atoms with Crippen LogP contribution in [0.25, 0.3) is 11.0 Å². The lowest BCUT2D eigenvalue weighted by Gasteiger charge is -2.38. The Labute approximate surface area is 158 Å². The Morgan fingerprint density at radius 1 is 1.19 bits per heavy atom. The van der Waals surface area contributed by atoms with Crippen LogP contribution in [0.2, 0.25) is 0 Å².